The van der Waals surface area contributed by atoms with E-state index in [9.17, 15) is 4.79 Å². The maximum absolute atomic E-state index is 12.9. The Bertz CT molecular complexity index is 952. The average Bonchev–Trinajstić information content (AvgIpc) is 3.03. The highest BCUT2D eigenvalue weighted by atomic mass is 32.2. The van der Waals surface area contributed by atoms with E-state index in [1.165, 1.54) is 24.6 Å². The molecule has 1 aliphatic heterocycles. The van der Waals surface area contributed by atoms with Crippen molar-refractivity contribution in [1.29, 1.82) is 0 Å². The minimum absolute atomic E-state index is 0.168. The molecular weight excluding hydrogens is 366 g/mol. The van der Waals surface area contributed by atoms with E-state index < -0.39 is 0 Å². The van der Waals surface area contributed by atoms with Crippen LogP contribution in [0.25, 0.3) is 22.0 Å². The highest BCUT2D eigenvalue weighted by molar-refractivity contribution is 8.00. The molecule has 28 heavy (non-hydrogen) atoms. The average molecular weight is 392 g/mol. The van der Waals surface area contributed by atoms with Crippen LogP contribution < -0.4 is 0 Å². The summed E-state index contributed by atoms with van der Waals surface area (Å²) in [6, 6.07) is 18.3. The third-order valence-electron chi connectivity index (χ3n) is 5.25. The van der Waals surface area contributed by atoms with Gasteiger partial charge in [-0.2, -0.15) is 0 Å². The summed E-state index contributed by atoms with van der Waals surface area (Å²) in [6.45, 7) is 3.74. The molecule has 1 aromatic heterocycles. The van der Waals surface area contributed by atoms with Gasteiger partial charge in [0.05, 0.1) is 5.25 Å². The number of aromatic nitrogens is 2. The van der Waals surface area contributed by atoms with Crippen molar-refractivity contribution in [2.75, 3.05) is 13.1 Å². The summed E-state index contributed by atoms with van der Waals surface area (Å²) >= 11 is 1.52. The van der Waals surface area contributed by atoms with Crippen LogP contribution in [0.1, 0.15) is 32.6 Å². The van der Waals surface area contributed by atoms with Crippen LogP contribution in [0.5, 0.6) is 0 Å². The zero-order valence-electron chi connectivity index (χ0n) is 16.2. The van der Waals surface area contributed by atoms with Crippen molar-refractivity contribution in [3.8, 4) is 11.3 Å². The Morgan fingerprint density at radius 2 is 1.54 bits per heavy atom. The van der Waals surface area contributed by atoms with Crippen molar-refractivity contribution >= 4 is 28.4 Å². The zero-order chi connectivity index (χ0) is 19.3. The van der Waals surface area contributed by atoms with Crippen molar-refractivity contribution in [3.63, 3.8) is 0 Å². The van der Waals surface area contributed by atoms with Gasteiger partial charge in [0.1, 0.15) is 10.7 Å². The Morgan fingerprint density at radius 3 is 2.25 bits per heavy atom. The number of fused-ring (bicyclic) bond motifs is 1. The fraction of sp³-hybridized carbons (Fsp3) is 0.348. The first kappa shape index (κ1) is 18.9. The number of carbonyl (C=O) groups is 1. The molecule has 1 saturated heterocycles. The third kappa shape index (κ3) is 4.04. The van der Waals surface area contributed by atoms with Crippen LogP contribution in [0.2, 0.25) is 0 Å². The van der Waals surface area contributed by atoms with Crippen molar-refractivity contribution < 1.29 is 4.79 Å². The zero-order valence-corrected chi connectivity index (χ0v) is 17.0. The Morgan fingerprint density at radius 1 is 0.893 bits per heavy atom. The van der Waals surface area contributed by atoms with E-state index in [1.807, 2.05) is 42.2 Å². The highest BCUT2D eigenvalue weighted by Gasteiger charge is 2.24. The Balaban J connectivity index is 1.62. The minimum atomic E-state index is -0.168. The normalized spacial score (nSPS) is 16.0. The summed E-state index contributed by atoms with van der Waals surface area (Å²) in [5.41, 5.74) is 1.93. The maximum Gasteiger partial charge on any atom is 0.235 e. The first-order valence-corrected chi connectivity index (χ1v) is 10.9. The number of hydrogen-bond acceptors (Lipinski definition) is 4. The van der Waals surface area contributed by atoms with Gasteiger partial charge < -0.3 is 4.90 Å². The van der Waals surface area contributed by atoms with Gasteiger partial charge in [-0.25, -0.2) is 0 Å². The number of thioether (sulfide) groups is 1. The molecule has 1 unspecified atom stereocenters. The maximum atomic E-state index is 12.9. The van der Waals surface area contributed by atoms with Gasteiger partial charge in [0.25, 0.3) is 0 Å². The SMILES string of the molecule is CC(Sc1nnc(-c2ccccc2)c2ccccc12)C(=O)N1CCCCCC1. The lowest BCUT2D eigenvalue weighted by molar-refractivity contribution is -0.130. The van der Waals surface area contributed by atoms with Crippen LogP contribution in [0.4, 0.5) is 0 Å². The number of benzene rings is 2. The van der Waals surface area contributed by atoms with Crippen LogP contribution in [-0.2, 0) is 4.79 Å². The van der Waals surface area contributed by atoms with Crippen LogP contribution >= 0.6 is 11.8 Å². The molecule has 0 N–H and O–H groups in total. The number of nitrogens with zero attached hydrogens (tertiary/aromatic N) is 3. The molecule has 0 aliphatic carbocycles. The van der Waals surface area contributed by atoms with Gasteiger partial charge in [0.2, 0.25) is 5.91 Å². The Kier molecular flexibility index (Phi) is 5.91. The molecule has 4 rings (SSSR count). The van der Waals surface area contributed by atoms with Crippen LogP contribution in [0.3, 0.4) is 0 Å². The molecule has 144 valence electrons. The lowest BCUT2D eigenvalue weighted by Gasteiger charge is -2.23. The second-order valence-electron chi connectivity index (χ2n) is 7.26. The Labute approximate surface area is 170 Å². The standard InChI is InChI=1S/C23H25N3OS/c1-17(23(27)26-15-9-2-3-10-16-26)28-22-20-14-8-7-13-19(20)21(24-25-22)18-11-5-4-6-12-18/h4-8,11-14,17H,2-3,9-10,15-16H2,1H3. The van der Waals surface area contributed by atoms with Crippen molar-refractivity contribution in [3.05, 3.63) is 54.6 Å². The summed E-state index contributed by atoms with van der Waals surface area (Å²) in [7, 11) is 0. The van der Waals surface area contributed by atoms with E-state index in [-0.39, 0.29) is 11.2 Å². The molecule has 1 fully saturated rings. The molecule has 2 heterocycles. The van der Waals surface area contributed by atoms with E-state index in [4.69, 9.17) is 0 Å². The van der Waals surface area contributed by atoms with Crippen LogP contribution in [-0.4, -0.2) is 39.3 Å². The molecule has 2 aromatic carbocycles. The van der Waals surface area contributed by atoms with E-state index in [0.29, 0.717) is 0 Å². The molecule has 3 aromatic rings. The number of hydrogen-bond donors (Lipinski definition) is 0. The van der Waals surface area contributed by atoms with Gasteiger partial charge in [-0.3, -0.25) is 4.79 Å². The quantitative estimate of drug-likeness (QED) is 0.575. The van der Waals surface area contributed by atoms with Gasteiger partial charge in [0, 0.05) is 29.4 Å². The van der Waals surface area contributed by atoms with E-state index in [0.717, 1.165) is 53.0 Å². The predicted molar refractivity (Wildman–Crippen MR) is 115 cm³/mol. The Hall–Kier alpha value is -2.40. The van der Waals surface area contributed by atoms with Crippen molar-refractivity contribution in [2.24, 2.45) is 0 Å². The summed E-state index contributed by atoms with van der Waals surface area (Å²) < 4.78 is 0. The van der Waals surface area contributed by atoms with Crippen molar-refractivity contribution in [2.45, 2.75) is 42.9 Å². The van der Waals surface area contributed by atoms with E-state index in [2.05, 4.69) is 34.5 Å². The second-order valence-corrected chi connectivity index (χ2v) is 8.59. The molecule has 1 aliphatic rings. The summed E-state index contributed by atoms with van der Waals surface area (Å²) in [5.74, 6) is 0.213. The predicted octanol–water partition coefficient (Wildman–Crippen LogP) is 5.18. The number of rotatable bonds is 4. The topological polar surface area (TPSA) is 46.1 Å². The lowest BCUT2D eigenvalue weighted by atomic mass is 10.1. The summed E-state index contributed by atoms with van der Waals surface area (Å²) in [4.78, 5) is 15.0. The van der Waals surface area contributed by atoms with Crippen LogP contribution in [0, 0.1) is 0 Å². The largest absolute Gasteiger partial charge is 0.342 e. The molecule has 0 spiro atoms. The molecule has 0 saturated carbocycles. The van der Waals surface area contributed by atoms with Gasteiger partial charge in [0.15, 0.2) is 0 Å². The third-order valence-corrected chi connectivity index (χ3v) is 6.33. The molecule has 4 nitrogen and oxygen atoms in total. The van der Waals surface area contributed by atoms with Gasteiger partial charge in [-0.05, 0) is 19.8 Å². The molecule has 1 amide bonds. The molecule has 0 bridgehead atoms. The first-order valence-electron chi connectivity index (χ1n) is 10.0. The molecule has 5 heteroatoms. The van der Waals surface area contributed by atoms with Crippen molar-refractivity contribution in [1.82, 2.24) is 15.1 Å². The second kappa shape index (κ2) is 8.74. The van der Waals surface area contributed by atoms with E-state index >= 15 is 0 Å². The lowest BCUT2D eigenvalue weighted by Crippen LogP contribution is -2.37. The van der Waals surface area contributed by atoms with Gasteiger partial charge >= 0.3 is 0 Å². The summed E-state index contributed by atoms with van der Waals surface area (Å²) in [6.07, 6.45) is 4.67. The number of likely N-dealkylation sites (tertiary alicyclic amines) is 1. The fourth-order valence-electron chi connectivity index (χ4n) is 3.74. The monoisotopic (exact) mass is 391 g/mol. The van der Waals surface area contributed by atoms with Crippen LogP contribution in [0.15, 0.2) is 59.6 Å². The minimum Gasteiger partial charge on any atom is -0.342 e. The molecule has 1 atom stereocenters. The van der Waals surface area contributed by atoms with Gasteiger partial charge in [-0.1, -0.05) is 79.2 Å². The summed E-state index contributed by atoms with van der Waals surface area (Å²) in [5, 5.41) is 11.8. The van der Waals surface area contributed by atoms with Gasteiger partial charge in [-0.15, -0.1) is 10.2 Å². The number of carbonyl (C=O) groups excluding carboxylic acids is 1. The molecule has 0 radical (unpaired) electrons. The highest BCUT2D eigenvalue weighted by Crippen LogP contribution is 2.33. The molecular formula is C23H25N3OS. The smallest absolute Gasteiger partial charge is 0.235 e. The number of amides is 1. The fourth-order valence-corrected chi connectivity index (χ4v) is 4.72. The van der Waals surface area contributed by atoms with E-state index in [1.54, 1.807) is 0 Å². The first-order chi connectivity index (χ1) is 13.7.